The van der Waals surface area contributed by atoms with Gasteiger partial charge in [-0.25, -0.2) is 13.1 Å². The zero-order chi connectivity index (χ0) is 18.0. The number of furan rings is 1. The van der Waals surface area contributed by atoms with Gasteiger partial charge in [-0.05, 0) is 42.3 Å². The number of benzene rings is 2. The van der Waals surface area contributed by atoms with Crippen LogP contribution in [0.25, 0.3) is 0 Å². The van der Waals surface area contributed by atoms with Crippen molar-refractivity contribution >= 4 is 15.7 Å². The van der Waals surface area contributed by atoms with E-state index in [9.17, 15) is 8.42 Å². The van der Waals surface area contributed by atoms with E-state index in [1.54, 1.807) is 36.6 Å². The summed E-state index contributed by atoms with van der Waals surface area (Å²) >= 11 is 0. The summed E-state index contributed by atoms with van der Waals surface area (Å²) in [6, 6.07) is 20.2. The number of sulfonamides is 1. The van der Waals surface area contributed by atoms with Gasteiger partial charge >= 0.3 is 0 Å². The van der Waals surface area contributed by atoms with E-state index in [2.05, 4.69) is 21.8 Å². The number of nitrogens with one attached hydrogen (secondary N) is 1. The molecule has 0 aliphatic carbocycles. The fraction of sp³-hybridized carbons (Fsp3) is 0.200. The Balaban J connectivity index is 1.60. The highest BCUT2D eigenvalue weighted by Crippen LogP contribution is 2.35. The summed E-state index contributed by atoms with van der Waals surface area (Å²) in [6.07, 6.45) is 2.56. The summed E-state index contributed by atoms with van der Waals surface area (Å²) in [5, 5.41) is 0. The van der Waals surface area contributed by atoms with Crippen LogP contribution in [0.1, 0.15) is 17.4 Å². The van der Waals surface area contributed by atoms with E-state index in [0.717, 1.165) is 24.4 Å². The molecule has 2 heterocycles. The topological polar surface area (TPSA) is 62.6 Å². The Kier molecular flexibility index (Phi) is 4.53. The van der Waals surface area contributed by atoms with E-state index >= 15 is 0 Å². The molecule has 0 unspecified atom stereocenters. The number of hydrogen-bond donors (Lipinski definition) is 1. The second-order valence-corrected chi connectivity index (χ2v) is 8.04. The number of fused-ring (bicyclic) bond motifs is 1. The Hall–Kier alpha value is -2.57. The fourth-order valence-corrected chi connectivity index (χ4v) is 4.46. The van der Waals surface area contributed by atoms with Crippen LogP contribution >= 0.6 is 0 Å². The van der Waals surface area contributed by atoms with Gasteiger partial charge in [0.15, 0.2) is 0 Å². The first-order valence-corrected chi connectivity index (χ1v) is 10.1. The number of para-hydroxylation sites is 1. The van der Waals surface area contributed by atoms with Crippen molar-refractivity contribution in [3.63, 3.8) is 0 Å². The molecule has 0 spiro atoms. The predicted molar refractivity (Wildman–Crippen MR) is 101 cm³/mol. The fourth-order valence-electron chi connectivity index (χ4n) is 3.40. The van der Waals surface area contributed by atoms with Crippen molar-refractivity contribution in [3.05, 3.63) is 84.3 Å². The average molecular weight is 368 g/mol. The molecule has 1 aliphatic rings. The second-order valence-electron chi connectivity index (χ2n) is 6.27. The van der Waals surface area contributed by atoms with Crippen LogP contribution in [-0.4, -0.2) is 21.5 Å². The molecule has 1 N–H and O–H groups in total. The Morgan fingerprint density at radius 2 is 1.77 bits per heavy atom. The molecule has 5 nitrogen and oxygen atoms in total. The summed E-state index contributed by atoms with van der Waals surface area (Å²) in [5.74, 6) is 0.748. The van der Waals surface area contributed by atoms with E-state index in [4.69, 9.17) is 4.42 Å². The van der Waals surface area contributed by atoms with Crippen LogP contribution in [0.2, 0.25) is 0 Å². The van der Waals surface area contributed by atoms with Crippen LogP contribution in [0.3, 0.4) is 0 Å². The summed E-state index contributed by atoms with van der Waals surface area (Å²) in [4.78, 5) is 2.47. The summed E-state index contributed by atoms with van der Waals surface area (Å²) in [5.41, 5.74) is 2.41. The van der Waals surface area contributed by atoms with Crippen LogP contribution in [0.4, 0.5) is 5.69 Å². The molecule has 0 fully saturated rings. The van der Waals surface area contributed by atoms with Crippen LogP contribution in [0, 0.1) is 0 Å². The molecule has 0 bridgehead atoms. The molecule has 1 aromatic heterocycles. The SMILES string of the molecule is O=S(=O)(NC[C@@H](c1ccco1)N1CCc2ccccc21)c1ccccc1. The zero-order valence-electron chi connectivity index (χ0n) is 14.2. The molecule has 4 rings (SSSR count). The summed E-state index contributed by atoms with van der Waals surface area (Å²) in [7, 11) is -3.57. The maximum absolute atomic E-state index is 12.6. The maximum Gasteiger partial charge on any atom is 0.240 e. The van der Waals surface area contributed by atoms with Gasteiger partial charge < -0.3 is 9.32 Å². The van der Waals surface area contributed by atoms with Gasteiger partial charge in [0.2, 0.25) is 10.0 Å². The lowest BCUT2D eigenvalue weighted by Gasteiger charge is -2.29. The average Bonchev–Trinajstić information content (AvgIpc) is 3.33. The third-order valence-electron chi connectivity index (χ3n) is 4.69. The molecule has 0 saturated heterocycles. The lowest BCUT2D eigenvalue weighted by atomic mass is 10.1. The van der Waals surface area contributed by atoms with E-state index in [0.29, 0.717) is 0 Å². The molecule has 134 valence electrons. The molecular weight excluding hydrogens is 348 g/mol. The Morgan fingerprint density at radius 3 is 2.54 bits per heavy atom. The van der Waals surface area contributed by atoms with Crippen molar-refractivity contribution in [2.45, 2.75) is 17.4 Å². The molecule has 3 aromatic rings. The predicted octanol–water partition coefficient (Wildman–Crippen LogP) is 3.36. The molecule has 1 atom stereocenters. The van der Waals surface area contributed by atoms with Gasteiger partial charge in [0, 0.05) is 18.8 Å². The molecular formula is C20H20N2O3S. The highest BCUT2D eigenvalue weighted by atomic mass is 32.2. The standard InChI is InChI=1S/C20H20N2O3S/c23-26(24,17-8-2-1-3-9-17)21-15-19(20-11-6-14-25-20)22-13-12-16-7-4-5-10-18(16)22/h1-11,14,19,21H,12-13,15H2/t19-/m0/s1. The Labute approximate surface area is 153 Å². The van der Waals surface area contributed by atoms with Crippen molar-refractivity contribution in [1.29, 1.82) is 0 Å². The molecule has 6 heteroatoms. The molecule has 26 heavy (non-hydrogen) atoms. The Bertz CT molecular complexity index is 969. The smallest absolute Gasteiger partial charge is 0.240 e. The van der Waals surface area contributed by atoms with Crippen molar-refractivity contribution in [3.8, 4) is 0 Å². The van der Waals surface area contributed by atoms with Gasteiger partial charge in [0.05, 0.1) is 11.2 Å². The Morgan fingerprint density at radius 1 is 1.00 bits per heavy atom. The third-order valence-corrected chi connectivity index (χ3v) is 6.13. The van der Waals surface area contributed by atoms with Crippen LogP contribution in [-0.2, 0) is 16.4 Å². The van der Waals surface area contributed by atoms with E-state index in [1.165, 1.54) is 5.56 Å². The van der Waals surface area contributed by atoms with Gasteiger partial charge in [-0.1, -0.05) is 36.4 Å². The molecule has 1 aliphatic heterocycles. The van der Waals surface area contributed by atoms with Crippen LogP contribution in [0.15, 0.2) is 82.3 Å². The van der Waals surface area contributed by atoms with E-state index < -0.39 is 10.0 Å². The lowest BCUT2D eigenvalue weighted by molar-refractivity contribution is 0.447. The van der Waals surface area contributed by atoms with E-state index in [-0.39, 0.29) is 17.5 Å². The first-order valence-electron chi connectivity index (χ1n) is 8.58. The largest absolute Gasteiger partial charge is 0.467 e. The monoisotopic (exact) mass is 368 g/mol. The van der Waals surface area contributed by atoms with Gasteiger partial charge in [0.25, 0.3) is 0 Å². The van der Waals surface area contributed by atoms with Gasteiger partial charge in [-0.2, -0.15) is 0 Å². The van der Waals surface area contributed by atoms with Gasteiger partial charge in [0.1, 0.15) is 11.8 Å². The van der Waals surface area contributed by atoms with Crippen molar-refractivity contribution in [2.75, 3.05) is 18.0 Å². The summed E-state index contributed by atoms with van der Waals surface area (Å²) in [6.45, 7) is 1.07. The number of rotatable bonds is 6. The molecule has 0 amide bonds. The van der Waals surface area contributed by atoms with Crippen LogP contribution in [0.5, 0.6) is 0 Å². The minimum absolute atomic E-state index is 0.202. The van der Waals surface area contributed by atoms with Gasteiger partial charge in [-0.15, -0.1) is 0 Å². The third kappa shape index (κ3) is 3.25. The van der Waals surface area contributed by atoms with E-state index in [1.807, 2.05) is 24.3 Å². The normalized spacial score (nSPS) is 15.0. The highest BCUT2D eigenvalue weighted by molar-refractivity contribution is 7.89. The minimum Gasteiger partial charge on any atom is -0.467 e. The number of nitrogens with zero attached hydrogens (tertiary/aromatic N) is 1. The summed E-state index contributed by atoms with van der Waals surface area (Å²) < 4.78 is 33.6. The van der Waals surface area contributed by atoms with Crippen LogP contribution < -0.4 is 9.62 Å². The minimum atomic E-state index is -3.57. The quantitative estimate of drug-likeness (QED) is 0.725. The molecule has 2 aromatic carbocycles. The second kappa shape index (κ2) is 6.97. The zero-order valence-corrected chi connectivity index (χ0v) is 15.0. The molecule has 0 saturated carbocycles. The first-order chi connectivity index (χ1) is 12.6. The lowest BCUT2D eigenvalue weighted by Crippen LogP contribution is -2.37. The van der Waals surface area contributed by atoms with Gasteiger partial charge in [-0.3, -0.25) is 0 Å². The number of anilines is 1. The van der Waals surface area contributed by atoms with Crippen molar-refractivity contribution in [2.24, 2.45) is 0 Å². The van der Waals surface area contributed by atoms with Crippen molar-refractivity contribution < 1.29 is 12.8 Å². The first kappa shape index (κ1) is 16.9. The highest BCUT2D eigenvalue weighted by Gasteiger charge is 2.30. The number of hydrogen-bond acceptors (Lipinski definition) is 4. The van der Waals surface area contributed by atoms with Crippen molar-refractivity contribution in [1.82, 2.24) is 4.72 Å². The molecule has 0 radical (unpaired) electrons. The maximum atomic E-state index is 12.6.